The molecule has 2 rings (SSSR count). The van der Waals surface area contributed by atoms with Gasteiger partial charge in [0, 0.05) is 29.8 Å². The summed E-state index contributed by atoms with van der Waals surface area (Å²) in [4.78, 5) is 39.1. The van der Waals surface area contributed by atoms with Crippen LogP contribution in [-0.2, 0) is 23.9 Å². The van der Waals surface area contributed by atoms with E-state index in [1.807, 2.05) is 37.3 Å². The van der Waals surface area contributed by atoms with Crippen molar-refractivity contribution in [3.05, 3.63) is 30.3 Å². The Labute approximate surface area is 187 Å². The predicted molar refractivity (Wildman–Crippen MR) is 117 cm³/mol. The maximum atomic E-state index is 12.8. The van der Waals surface area contributed by atoms with Gasteiger partial charge in [-0.1, -0.05) is 50.2 Å². The number of aliphatic hydroxyl groups excluding tert-OH is 1. The fourth-order valence-corrected chi connectivity index (χ4v) is 4.52. The van der Waals surface area contributed by atoms with Gasteiger partial charge in [-0.3, -0.25) is 19.3 Å². The molecule has 0 aliphatic carbocycles. The minimum absolute atomic E-state index is 0.102. The number of ether oxygens (including phenoxy) is 2. The number of benzene rings is 1. The monoisotopic (exact) mass is 452 g/mol. The van der Waals surface area contributed by atoms with Crippen LogP contribution in [0.1, 0.15) is 40.0 Å². The number of carbonyl (C=O) groups is 3. The summed E-state index contributed by atoms with van der Waals surface area (Å²) >= 11 is 1.11. The molecule has 1 aliphatic rings. The molecular weight excluding hydrogens is 420 g/mol. The average molecular weight is 453 g/mol. The van der Waals surface area contributed by atoms with Gasteiger partial charge in [0.15, 0.2) is 5.12 Å². The van der Waals surface area contributed by atoms with E-state index >= 15 is 0 Å². The fraction of sp³-hybridized carbons (Fsp3) is 0.591. The number of unbranched alkanes of at least 4 members (excludes halogenated alkanes) is 1. The third-order valence-electron chi connectivity index (χ3n) is 5.51. The molecular formula is C22H32N2O6S. The molecule has 1 fully saturated rings. The van der Waals surface area contributed by atoms with Crippen molar-refractivity contribution in [1.82, 2.24) is 4.90 Å². The van der Waals surface area contributed by atoms with E-state index in [4.69, 9.17) is 15.2 Å². The summed E-state index contributed by atoms with van der Waals surface area (Å²) in [7, 11) is 0. The zero-order chi connectivity index (χ0) is 23.0. The van der Waals surface area contributed by atoms with Crippen LogP contribution in [0.5, 0.6) is 0 Å². The van der Waals surface area contributed by atoms with Crippen molar-refractivity contribution in [2.45, 2.75) is 62.6 Å². The number of carbonyl (C=O) groups excluding carboxylic acids is 3. The zero-order valence-corrected chi connectivity index (χ0v) is 19.1. The number of aliphatic hydroxyl groups is 1. The summed E-state index contributed by atoms with van der Waals surface area (Å²) < 4.78 is 9.88. The molecule has 0 bridgehead atoms. The van der Waals surface area contributed by atoms with Gasteiger partial charge >= 0.3 is 11.9 Å². The zero-order valence-electron chi connectivity index (χ0n) is 18.3. The van der Waals surface area contributed by atoms with Gasteiger partial charge in [-0.2, -0.15) is 0 Å². The minimum atomic E-state index is -1.01. The number of hydrogen-bond acceptors (Lipinski definition) is 9. The van der Waals surface area contributed by atoms with Crippen LogP contribution in [0.15, 0.2) is 35.2 Å². The Kier molecular flexibility index (Phi) is 9.49. The molecule has 0 unspecified atom stereocenters. The van der Waals surface area contributed by atoms with E-state index in [1.165, 1.54) is 0 Å². The fourth-order valence-electron chi connectivity index (χ4n) is 3.68. The topological polar surface area (TPSA) is 119 Å². The Balaban J connectivity index is 1.94. The van der Waals surface area contributed by atoms with Crippen LogP contribution < -0.4 is 5.73 Å². The van der Waals surface area contributed by atoms with E-state index in [-0.39, 0.29) is 24.6 Å². The van der Waals surface area contributed by atoms with Crippen molar-refractivity contribution in [1.29, 1.82) is 0 Å². The van der Waals surface area contributed by atoms with E-state index in [9.17, 15) is 19.5 Å². The number of hydrogen-bond donors (Lipinski definition) is 2. The van der Waals surface area contributed by atoms with Crippen LogP contribution in [0.2, 0.25) is 0 Å². The smallest absolute Gasteiger partial charge is 0.323 e. The average Bonchev–Trinajstić information content (AvgIpc) is 2.72. The van der Waals surface area contributed by atoms with Gasteiger partial charge in [0.1, 0.15) is 0 Å². The highest BCUT2D eigenvalue weighted by molar-refractivity contribution is 8.13. The van der Waals surface area contributed by atoms with Gasteiger partial charge < -0.3 is 20.3 Å². The molecule has 8 nitrogen and oxygen atoms in total. The molecule has 1 aliphatic heterocycles. The van der Waals surface area contributed by atoms with Gasteiger partial charge in [0.2, 0.25) is 6.79 Å². The molecule has 3 N–H and O–H groups in total. The van der Waals surface area contributed by atoms with E-state index in [0.29, 0.717) is 6.42 Å². The molecule has 172 valence electrons. The lowest BCUT2D eigenvalue weighted by atomic mass is 9.71. The molecule has 0 spiro atoms. The quantitative estimate of drug-likeness (QED) is 0.295. The van der Waals surface area contributed by atoms with Gasteiger partial charge in [0.05, 0.1) is 18.2 Å². The molecule has 1 heterocycles. The van der Waals surface area contributed by atoms with Crippen LogP contribution in [0.4, 0.5) is 0 Å². The van der Waals surface area contributed by atoms with Crippen molar-refractivity contribution < 1.29 is 29.0 Å². The standard InChI is InChI=1S/C22H32N2O6S/c1-4-5-11-18(26)29-14-30-19(27)12-24-13-22(23,16(3)25)20(24)15(2)21(28)31-17-9-7-6-8-10-17/h6-10,15-16,20,25H,4-5,11-14,23H2,1-3H3/t15-,16-,20-,22+/m1/s1. The van der Waals surface area contributed by atoms with Crippen LogP contribution in [-0.4, -0.2) is 64.6 Å². The first-order valence-electron chi connectivity index (χ1n) is 10.5. The Hall–Kier alpha value is -1.94. The van der Waals surface area contributed by atoms with Gasteiger partial charge in [-0.05, 0) is 25.5 Å². The third kappa shape index (κ3) is 6.77. The molecule has 4 atom stereocenters. The Morgan fingerprint density at radius 3 is 2.48 bits per heavy atom. The minimum Gasteiger partial charge on any atom is -0.428 e. The predicted octanol–water partition coefficient (Wildman–Crippen LogP) is 1.94. The number of esters is 2. The maximum Gasteiger partial charge on any atom is 0.323 e. The molecule has 31 heavy (non-hydrogen) atoms. The highest BCUT2D eigenvalue weighted by atomic mass is 32.2. The molecule has 0 radical (unpaired) electrons. The first kappa shape index (κ1) is 25.3. The van der Waals surface area contributed by atoms with Crippen molar-refractivity contribution >= 4 is 28.8 Å². The van der Waals surface area contributed by atoms with Gasteiger partial charge in [-0.25, -0.2) is 0 Å². The molecule has 1 aromatic rings. The molecule has 1 saturated heterocycles. The van der Waals surface area contributed by atoms with E-state index in [1.54, 1.807) is 18.7 Å². The van der Waals surface area contributed by atoms with Crippen LogP contribution in [0.3, 0.4) is 0 Å². The molecule has 9 heteroatoms. The van der Waals surface area contributed by atoms with Crippen molar-refractivity contribution in [2.75, 3.05) is 19.9 Å². The number of nitrogens with two attached hydrogens (primary N) is 1. The second-order valence-electron chi connectivity index (χ2n) is 7.92. The van der Waals surface area contributed by atoms with Crippen LogP contribution >= 0.6 is 11.8 Å². The summed E-state index contributed by atoms with van der Waals surface area (Å²) in [6.45, 7) is 4.98. The summed E-state index contributed by atoms with van der Waals surface area (Å²) in [5.41, 5.74) is 5.39. The summed E-state index contributed by atoms with van der Waals surface area (Å²) in [6.07, 6.45) is 1.01. The highest BCUT2D eigenvalue weighted by Crippen LogP contribution is 2.38. The van der Waals surface area contributed by atoms with E-state index in [2.05, 4.69) is 0 Å². The first-order valence-corrected chi connectivity index (χ1v) is 11.3. The Morgan fingerprint density at radius 1 is 1.23 bits per heavy atom. The van der Waals surface area contributed by atoms with Crippen LogP contribution in [0, 0.1) is 5.92 Å². The Morgan fingerprint density at radius 2 is 1.87 bits per heavy atom. The molecule has 0 saturated carbocycles. The second kappa shape index (κ2) is 11.6. The summed E-state index contributed by atoms with van der Waals surface area (Å²) in [6, 6.07) is 8.73. The lowest BCUT2D eigenvalue weighted by molar-refractivity contribution is -0.173. The third-order valence-corrected chi connectivity index (χ3v) is 6.59. The van der Waals surface area contributed by atoms with Crippen molar-refractivity contribution in [3.8, 4) is 0 Å². The molecule has 0 aromatic heterocycles. The Bertz CT molecular complexity index is 760. The van der Waals surface area contributed by atoms with Crippen LogP contribution in [0.25, 0.3) is 0 Å². The van der Waals surface area contributed by atoms with Crippen molar-refractivity contribution in [3.63, 3.8) is 0 Å². The lowest BCUT2D eigenvalue weighted by Gasteiger charge is -2.58. The highest BCUT2D eigenvalue weighted by Gasteiger charge is 2.56. The molecule has 0 amide bonds. The lowest BCUT2D eigenvalue weighted by Crippen LogP contribution is -2.81. The largest absolute Gasteiger partial charge is 0.428 e. The van der Waals surface area contributed by atoms with Gasteiger partial charge in [-0.15, -0.1) is 0 Å². The number of thioether (sulfide) groups is 1. The number of likely N-dealkylation sites (tertiary alicyclic amines) is 1. The molecule has 1 aromatic carbocycles. The summed E-state index contributed by atoms with van der Waals surface area (Å²) in [5.74, 6) is -1.53. The van der Waals surface area contributed by atoms with E-state index < -0.39 is 42.3 Å². The maximum absolute atomic E-state index is 12.8. The first-order chi connectivity index (χ1) is 14.7. The van der Waals surface area contributed by atoms with Crippen molar-refractivity contribution in [2.24, 2.45) is 11.7 Å². The second-order valence-corrected chi connectivity index (χ2v) is 8.99. The normalized spacial score (nSPS) is 22.8. The van der Waals surface area contributed by atoms with Gasteiger partial charge in [0.25, 0.3) is 0 Å². The number of nitrogens with zero attached hydrogens (tertiary/aromatic N) is 1. The van der Waals surface area contributed by atoms with E-state index in [0.717, 1.165) is 23.1 Å². The summed E-state index contributed by atoms with van der Waals surface area (Å²) in [5, 5.41) is 10.1. The number of rotatable bonds is 11. The SMILES string of the molecule is CCCCC(=O)OCOC(=O)CN1C[C@](N)([C@@H](C)O)[C@H]1[C@@H](C)C(=O)Sc1ccccc1.